The Morgan fingerprint density at radius 1 is 1.50 bits per heavy atom. The Kier molecular flexibility index (Phi) is 3.84. The molecule has 0 spiro atoms. The molecule has 1 aromatic rings. The summed E-state index contributed by atoms with van der Waals surface area (Å²) < 4.78 is 0. The highest BCUT2D eigenvalue weighted by Gasteiger charge is 2.15. The standard InChI is InChI=1S/C11H11ClO2/c1-8(14)6-9(7-13)10-4-2-3-5-11(10)12/h2-5,7,9H,6H2,1H3. The minimum Gasteiger partial charge on any atom is -0.303 e. The molecular weight excluding hydrogens is 200 g/mol. The van der Waals surface area contributed by atoms with Crippen LogP contribution in [0.4, 0.5) is 0 Å². The lowest BCUT2D eigenvalue weighted by molar-refractivity contribution is -0.119. The van der Waals surface area contributed by atoms with Crippen LogP contribution >= 0.6 is 11.6 Å². The smallest absolute Gasteiger partial charge is 0.130 e. The molecule has 1 rings (SSSR count). The molecule has 14 heavy (non-hydrogen) atoms. The second kappa shape index (κ2) is 4.91. The van der Waals surface area contributed by atoms with Crippen molar-refractivity contribution in [3.05, 3.63) is 34.9 Å². The molecule has 0 amide bonds. The Labute approximate surface area is 87.9 Å². The van der Waals surface area contributed by atoms with Gasteiger partial charge in [0.25, 0.3) is 0 Å². The maximum absolute atomic E-state index is 10.9. The molecule has 0 saturated carbocycles. The molecule has 2 nitrogen and oxygen atoms in total. The maximum Gasteiger partial charge on any atom is 0.130 e. The van der Waals surface area contributed by atoms with Crippen LogP contribution in [0.5, 0.6) is 0 Å². The highest BCUT2D eigenvalue weighted by Crippen LogP contribution is 2.25. The van der Waals surface area contributed by atoms with E-state index in [1.54, 1.807) is 24.3 Å². The van der Waals surface area contributed by atoms with Crippen molar-refractivity contribution in [1.82, 2.24) is 0 Å². The van der Waals surface area contributed by atoms with Gasteiger partial charge in [-0.25, -0.2) is 0 Å². The van der Waals surface area contributed by atoms with E-state index in [0.29, 0.717) is 5.02 Å². The van der Waals surface area contributed by atoms with E-state index in [9.17, 15) is 9.59 Å². The van der Waals surface area contributed by atoms with Crippen molar-refractivity contribution in [3.8, 4) is 0 Å². The highest BCUT2D eigenvalue weighted by atomic mass is 35.5. The van der Waals surface area contributed by atoms with Crippen molar-refractivity contribution in [2.75, 3.05) is 0 Å². The molecule has 0 bridgehead atoms. The summed E-state index contributed by atoms with van der Waals surface area (Å²) in [5, 5.41) is 0.533. The lowest BCUT2D eigenvalue weighted by Crippen LogP contribution is -2.06. The van der Waals surface area contributed by atoms with Crippen molar-refractivity contribution >= 4 is 23.7 Å². The molecule has 3 heteroatoms. The molecule has 0 aromatic heterocycles. The minimum absolute atomic E-state index is 0.0120. The van der Waals surface area contributed by atoms with E-state index < -0.39 is 5.92 Å². The number of aldehydes is 1. The Balaban J connectivity index is 2.94. The number of hydrogen-bond acceptors (Lipinski definition) is 2. The van der Waals surface area contributed by atoms with E-state index in [1.807, 2.05) is 0 Å². The van der Waals surface area contributed by atoms with E-state index in [1.165, 1.54) is 6.92 Å². The number of rotatable bonds is 4. The Morgan fingerprint density at radius 3 is 2.64 bits per heavy atom. The van der Waals surface area contributed by atoms with E-state index >= 15 is 0 Å². The fourth-order valence-corrected chi connectivity index (χ4v) is 1.59. The van der Waals surface area contributed by atoms with Crippen molar-refractivity contribution in [3.63, 3.8) is 0 Å². The molecule has 0 radical (unpaired) electrons. The monoisotopic (exact) mass is 210 g/mol. The third-order valence-electron chi connectivity index (χ3n) is 1.98. The second-order valence-corrected chi connectivity index (χ2v) is 3.58. The molecular formula is C11H11ClO2. The molecule has 0 heterocycles. The zero-order chi connectivity index (χ0) is 10.6. The molecule has 0 N–H and O–H groups in total. The summed E-state index contributed by atoms with van der Waals surface area (Å²) in [5.74, 6) is -0.428. The van der Waals surface area contributed by atoms with Crippen molar-refractivity contribution < 1.29 is 9.59 Å². The first-order valence-electron chi connectivity index (χ1n) is 4.34. The van der Waals surface area contributed by atoms with Gasteiger partial charge in [-0.15, -0.1) is 0 Å². The van der Waals surface area contributed by atoms with Crippen LogP contribution in [-0.2, 0) is 9.59 Å². The van der Waals surface area contributed by atoms with Crippen LogP contribution in [0.15, 0.2) is 24.3 Å². The van der Waals surface area contributed by atoms with Gasteiger partial charge in [0.15, 0.2) is 0 Å². The zero-order valence-corrected chi connectivity index (χ0v) is 8.62. The fraction of sp³-hybridized carbons (Fsp3) is 0.273. The average molecular weight is 211 g/mol. The molecule has 0 aliphatic heterocycles. The quantitative estimate of drug-likeness (QED) is 0.716. The third-order valence-corrected chi connectivity index (χ3v) is 2.32. The third kappa shape index (κ3) is 2.67. The van der Waals surface area contributed by atoms with Gasteiger partial charge < -0.3 is 4.79 Å². The Bertz CT molecular complexity index is 347. The van der Waals surface area contributed by atoms with Crippen molar-refractivity contribution in [2.45, 2.75) is 19.3 Å². The van der Waals surface area contributed by atoms with Gasteiger partial charge in [0.2, 0.25) is 0 Å². The second-order valence-electron chi connectivity index (χ2n) is 3.17. The lowest BCUT2D eigenvalue weighted by atomic mass is 9.95. The number of hydrogen-bond donors (Lipinski definition) is 0. The van der Waals surface area contributed by atoms with Crippen molar-refractivity contribution in [2.24, 2.45) is 0 Å². The normalized spacial score (nSPS) is 12.1. The number of carbonyl (C=O) groups excluding carboxylic acids is 2. The molecule has 0 fully saturated rings. The number of carbonyl (C=O) groups is 2. The Hall–Kier alpha value is -1.15. The summed E-state index contributed by atoms with van der Waals surface area (Å²) in [4.78, 5) is 21.7. The van der Waals surface area contributed by atoms with Crippen LogP contribution in [0.25, 0.3) is 0 Å². The first kappa shape index (κ1) is 10.9. The molecule has 1 atom stereocenters. The van der Waals surface area contributed by atoms with Crippen LogP contribution in [0.2, 0.25) is 5.02 Å². The van der Waals surface area contributed by atoms with Gasteiger partial charge in [-0.2, -0.15) is 0 Å². The van der Waals surface area contributed by atoms with E-state index in [-0.39, 0.29) is 12.2 Å². The highest BCUT2D eigenvalue weighted by molar-refractivity contribution is 6.31. The first-order chi connectivity index (χ1) is 6.65. The molecule has 74 valence electrons. The number of ketones is 1. The zero-order valence-electron chi connectivity index (χ0n) is 7.87. The number of halogens is 1. The maximum atomic E-state index is 10.9. The fourth-order valence-electron chi connectivity index (χ4n) is 1.32. The summed E-state index contributed by atoms with van der Waals surface area (Å²) in [5.41, 5.74) is 0.722. The molecule has 1 unspecified atom stereocenters. The van der Waals surface area contributed by atoms with Gasteiger partial charge in [0.1, 0.15) is 12.1 Å². The molecule has 0 saturated heterocycles. The summed E-state index contributed by atoms with van der Waals surface area (Å²) >= 11 is 5.91. The number of benzene rings is 1. The molecule has 0 aliphatic carbocycles. The van der Waals surface area contributed by atoms with Crippen molar-refractivity contribution in [1.29, 1.82) is 0 Å². The van der Waals surface area contributed by atoms with Crippen LogP contribution in [0.3, 0.4) is 0 Å². The SMILES string of the molecule is CC(=O)CC(C=O)c1ccccc1Cl. The Morgan fingerprint density at radius 2 is 2.14 bits per heavy atom. The molecule has 1 aromatic carbocycles. The van der Waals surface area contributed by atoms with Gasteiger partial charge in [-0.1, -0.05) is 29.8 Å². The lowest BCUT2D eigenvalue weighted by Gasteiger charge is -2.09. The van der Waals surface area contributed by atoms with E-state index in [2.05, 4.69) is 0 Å². The van der Waals surface area contributed by atoms with Gasteiger partial charge >= 0.3 is 0 Å². The summed E-state index contributed by atoms with van der Waals surface area (Å²) in [6, 6.07) is 7.08. The predicted octanol–water partition coefficient (Wildman–Crippen LogP) is 2.60. The summed E-state index contributed by atoms with van der Waals surface area (Å²) in [7, 11) is 0. The van der Waals surface area contributed by atoms with E-state index in [0.717, 1.165) is 11.8 Å². The topological polar surface area (TPSA) is 34.1 Å². The van der Waals surface area contributed by atoms with Gasteiger partial charge in [-0.3, -0.25) is 4.79 Å². The van der Waals surface area contributed by atoms with Gasteiger partial charge in [-0.05, 0) is 18.6 Å². The van der Waals surface area contributed by atoms with Gasteiger partial charge in [0, 0.05) is 17.4 Å². The first-order valence-corrected chi connectivity index (χ1v) is 4.72. The minimum atomic E-state index is -0.416. The number of Topliss-reactive ketones (excluding diaryl/α,β-unsaturated/α-hetero) is 1. The summed E-state index contributed by atoms with van der Waals surface area (Å²) in [6.07, 6.45) is 0.982. The molecule has 0 aliphatic rings. The predicted molar refractivity (Wildman–Crippen MR) is 55.6 cm³/mol. The summed E-state index contributed by atoms with van der Waals surface area (Å²) in [6.45, 7) is 1.47. The van der Waals surface area contributed by atoms with Crippen LogP contribution < -0.4 is 0 Å². The largest absolute Gasteiger partial charge is 0.303 e. The average Bonchev–Trinajstić information content (AvgIpc) is 2.15. The van der Waals surface area contributed by atoms with Crippen LogP contribution in [-0.4, -0.2) is 12.1 Å². The van der Waals surface area contributed by atoms with Gasteiger partial charge in [0.05, 0.1) is 0 Å². The van der Waals surface area contributed by atoms with Crippen LogP contribution in [0, 0.1) is 0 Å². The van der Waals surface area contributed by atoms with Crippen LogP contribution in [0.1, 0.15) is 24.8 Å². The van der Waals surface area contributed by atoms with E-state index in [4.69, 9.17) is 11.6 Å².